The summed E-state index contributed by atoms with van der Waals surface area (Å²) in [7, 11) is 6.25. The van der Waals surface area contributed by atoms with E-state index in [1.54, 1.807) is 11.8 Å². The average Bonchev–Trinajstić information content (AvgIpc) is 2.43. The summed E-state index contributed by atoms with van der Waals surface area (Å²) in [5.41, 5.74) is 0. The lowest BCUT2D eigenvalue weighted by Crippen LogP contribution is -2.44. The molecule has 0 bridgehead atoms. The van der Waals surface area contributed by atoms with Crippen LogP contribution in [-0.4, -0.2) is 61.4 Å². The molecule has 1 rings (SSSR count). The first-order valence-electron chi connectivity index (χ1n) is 5.58. The van der Waals surface area contributed by atoms with Gasteiger partial charge in [0.1, 0.15) is 19.2 Å². The third-order valence-corrected chi connectivity index (χ3v) is 3.76. The third-order valence-electron chi connectivity index (χ3n) is 2.42. The number of likely N-dealkylation sites (N-methyl/N-ethyl adjacent to an activating group) is 1. The quantitative estimate of drug-likeness (QED) is 0.585. The van der Waals surface area contributed by atoms with Crippen molar-refractivity contribution in [2.45, 2.75) is 24.8 Å². The molecule has 1 aliphatic heterocycles. The molecule has 0 aliphatic carbocycles. The molecule has 0 spiro atoms. The molecule has 0 aromatic rings. The number of hydrogen-bond acceptors (Lipinski definition) is 4. The van der Waals surface area contributed by atoms with Gasteiger partial charge in [-0.25, -0.2) is 0 Å². The maximum atomic E-state index is 11.7. The Morgan fingerprint density at radius 3 is 2.56 bits per heavy atom. The molecule has 94 valence electrons. The number of hydrogen-bond donors (Lipinski definition) is 1. The molecule has 1 N–H and O–H groups in total. The third kappa shape index (κ3) is 4.72. The normalized spacial score (nSPS) is 24.4. The topological polar surface area (TPSA) is 38.3 Å². The Labute approximate surface area is 102 Å². The van der Waals surface area contributed by atoms with E-state index < -0.39 is 0 Å². The molecular weight excluding hydrogens is 224 g/mol. The van der Waals surface area contributed by atoms with E-state index in [2.05, 4.69) is 40.3 Å². The summed E-state index contributed by atoms with van der Waals surface area (Å²) in [6, 6.07) is -0.146. The Balaban J connectivity index is 2.27. The second kappa shape index (κ2) is 4.94. The van der Waals surface area contributed by atoms with Gasteiger partial charge in [0.05, 0.1) is 26.0 Å². The Morgan fingerprint density at radius 1 is 1.50 bits per heavy atom. The summed E-state index contributed by atoms with van der Waals surface area (Å²) >= 11 is 1.76. The highest BCUT2D eigenvalue weighted by Gasteiger charge is 2.35. The highest BCUT2D eigenvalue weighted by molar-refractivity contribution is 8.00. The van der Waals surface area contributed by atoms with Crippen molar-refractivity contribution in [3.05, 3.63) is 0 Å². The first kappa shape index (κ1) is 13.8. The van der Waals surface area contributed by atoms with Crippen molar-refractivity contribution in [3.8, 4) is 0 Å². The smallest absolute Gasteiger partial charge is 0.324 e. The van der Waals surface area contributed by atoms with Crippen LogP contribution in [0.5, 0.6) is 0 Å². The second-order valence-corrected chi connectivity index (χ2v) is 7.34. The molecular formula is C11H23N2O2S+. The molecule has 0 amide bonds. The van der Waals surface area contributed by atoms with Crippen LogP contribution in [-0.2, 0) is 9.53 Å². The SMILES string of the molecule is CC1(C)N[C@H](C(=O)OCC[N+](C)(C)C)CS1. The summed E-state index contributed by atoms with van der Waals surface area (Å²) in [6.07, 6.45) is 0. The number of carbonyl (C=O) groups is 1. The van der Waals surface area contributed by atoms with E-state index in [4.69, 9.17) is 4.74 Å². The summed E-state index contributed by atoms with van der Waals surface area (Å²) in [6.45, 7) is 5.49. The molecule has 0 aromatic carbocycles. The van der Waals surface area contributed by atoms with Crippen LogP contribution < -0.4 is 5.32 Å². The van der Waals surface area contributed by atoms with Gasteiger partial charge in [0, 0.05) is 5.75 Å². The Morgan fingerprint density at radius 2 is 2.12 bits per heavy atom. The lowest BCUT2D eigenvalue weighted by Gasteiger charge is -2.24. The zero-order valence-corrected chi connectivity index (χ0v) is 11.7. The first-order valence-corrected chi connectivity index (χ1v) is 6.57. The number of rotatable bonds is 4. The first-order chi connectivity index (χ1) is 7.20. The van der Waals surface area contributed by atoms with Gasteiger partial charge >= 0.3 is 5.97 Å². The van der Waals surface area contributed by atoms with E-state index in [1.807, 2.05) is 0 Å². The van der Waals surface area contributed by atoms with Gasteiger partial charge in [-0.1, -0.05) is 0 Å². The summed E-state index contributed by atoms with van der Waals surface area (Å²) in [5, 5.41) is 3.26. The number of carbonyl (C=O) groups excluding carboxylic acids is 1. The zero-order chi connectivity index (χ0) is 12.4. The number of nitrogens with zero attached hydrogens (tertiary/aromatic N) is 1. The molecule has 1 heterocycles. The molecule has 0 radical (unpaired) electrons. The van der Waals surface area contributed by atoms with Crippen molar-refractivity contribution in [2.24, 2.45) is 0 Å². The van der Waals surface area contributed by atoms with E-state index >= 15 is 0 Å². The van der Waals surface area contributed by atoms with Crippen LogP contribution in [0.3, 0.4) is 0 Å². The van der Waals surface area contributed by atoms with Crippen LogP contribution >= 0.6 is 11.8 Å². The molecule has 16 heavy (non-hydrogen) atoms. The lowest BCUT2D eigenvalue weighted by molar-refractivity contribution is -0.870. The number of thioether (sulfide) groups is 1. The van der Waals surface area contributed by atoms with Crippen LogP contribution in [0.4, 0.5) is 0 Å². The van der Waals surface area contributed by atoms with E-state index in [0.717, 1.165) is 16.8 Å². The van der Waals surface area contributed by atoms with E-state index in [0.29, 0.717) is 6.61 Å². The van der Waals surface area contributed by atoms with Crippen molar-refractivity contribution in [2.75, 3.05) is 40.0 Å². The monoisotopic (exact) mass is 247 g/mol. The minimum Gasteiger partial charge on any atom is -0.458 e. The summed E-state index contributed by atoms with van der Waals surface area (Å²) in [4.78, 5) is 11.7. The fourth-order valence-electron chi connectivity index (χ4n) is 1.44. The predicted molar refractivity (Wildman–Crippen MR) is 67.3 cm³/mol. The molecule has 0 unspecified atom stereocenters. The van der Waals surface area contributed by atoms with Gasteiger partial charge < -0.3 is 9.22 Å². The molecule has 1 fully saturated rings. The zero-order valence-electron chi connectivity index (χ0n) is 10.9. The van der Waals surface area contributed by atoms with E-state index in [-0.39, 0.29) is 16.9 Å². The maximum Gasteiger partial charge on any atom is 0.324 e. The maximum absolute atomic E-state index is 11.7. The van der Waals surface area contributed by atoms with Crippen LogP contribution in [0.2, 0.25) is 0 Å². The molecule has 0 aromatic heterocycles. The fraction of sp³-hybridized carbons (Fsp3) is 0.909. The van der Waals surface area contributed by atoms with Gasteiger partial charge in [0.25, 0.3) is 0 Å². The van der Waals surface area contributed by atoms with E-state index in [1.165, 1.54) is 0 Å². The molecule has 4 nitrogen and oxygen atoms in total. The van der Waals surface area contributed by atoms with Gasteiger partial charge in [-0.05, 0) is 13.8 Å². The highest BCUT2D eigenvalue weighted by Crippen LogP contribution is 2.29. The molecule has 1 saturated heterocycles. The van der Waals surface area contributed by atoms with Crippen molar-refractivity contribution in [1.29, 1.82) is 0 Å². The van der Waals surface area contributed by atoms with Crippen LogP contribution in [0.1, 0.15) is 13.8 Å². The molecule has 0 saturated carbocycles. The Kier molecular flexibility index (Phi) is 4.26. The minimum atomic E-state index is -0.146. The summed E-state index contributed by atoms with van der Waals surface area (Å²) < 4.78 is 6.08. The van der Waals surface area contributed by atoms with Crippen molar-refractivity contribution in [3.63, 3.8) is 0 Å². The number of nitrogens with one attached hydrogen (secondary N) is 1. The van der Waals surface area contributed by atoms with Crippen molar-refractivity contribution >= 4 is 17.7 Å². The van der Waals surface area contributed by atoms with Crippen molar-refractivity contribution in [1.82, 2.24) is 5.32 Å². The Hall–Kier alpha value is -0.260. The van der Waals surface area contributed by atoms with Crippen molar-refractivity contribution < 1.29 is 14.0 Å². The largest absolute Gasteiger partial charge is 0.458 e. The average molecular weight is 247 g/mol. The predicted octanol–water partition coefficient (Wildman–Crippen LogP) is 0.677. The Bertz CT molecular complexity index is 261. The van der Waals surface area contributed by atoms with Crippen LogP contribution in [0.25, 0.3) is 0 Å². The van der Waals surface area contributed by atoms with Crippen LogP contribution in [0.15, 0.2) is 0 Å². The minimum absolute atomic E-state index is 0.0101. The van der Waals surface area contributed by atoms with Gasteiger partial charge in [-0.3, -0.25) is 10.1 Å². The highest BCUT2D eigenvalue weighted by atomic mass is 32.2. The number of esters is 1. The summed E-state index contributed by atoms with van der Waals surface area (Å²) in [5.74, 6) is 0.683. The second-order valence-electron chi connectivity index (χ2n) is 5.70. The van der Waals surface area contributed by atoms with Gasteiger partial charge in [0.15, 0.2) is 0 Å². The van der Waals surface area contributed by atoms with Gasteiger partial charge in [0.2, 0.25) is 0 Å². The van der Waals surface area contributed by atoms with Gasteiger partial charge in [-0.2, -0.15) is 0 Å². The number of ether oxygens (including phenoxy) is 1. The standard InChI is InChI=1S/C11H23N2O2S/c1-11(2)12-9(8-16-11)10(14)15-7-6-13(3,4)5/h9,12H,6-8H2,1-5H3/q+1/t9-/m0/s1. The van der Waals surface area contributed by atoms with E-state index in [9.17, 15) is 4.79 Å². The van der Waals surface area contributed by atoms with Gasteiger partial charge in [-0.15, -0.1) is 11.8 Å². The molecule has 1 aliphatic rings. The van der Waals surface area contributed by atoms with Crippen LogP contribution in [0, 0.1) is 0 Å². The molecule has 1 atom stereocenters. The molecule has 5 heteroatoms. The fourth-order valence-corrected chi connectivity index (χ4v) is 2.47. The number of quaternary nitrogens is 1. The lowest BCUT2D eigenvalue weighted by atomic mass is 10.3.